The van der Waals surface area contributed by atoms with Crippen LogP contribution in [-0.2, 0) is 9.59 Å². The molecule has 0 aromatic heterocycles. The molecule has 6 atom stereocenters. The fraction of sp³-hybridized carbons (Fsp3) is 0.722. The van der Waals surface area contributed by atoms with Crippen molar-refractivity contribution in [3.8, 4) is 0 Å². The van der Waals surface area contributed by atoms with E-state index in [-0.39, 0.29) is 47.6 Å². The lowest BCUT2D eigenvalue weighted by Gasteiger charge is -2.18. The summed E-state index contributed by atoms with van der Waals surface area (Å²) in [5.74, 6) is 2.06. The minimum atomic E-state index is -0.0776. The first-order valence-electron chi connectivity index (χ1n) is 9.11. The second kappa shape index (κ2) is 7.25. The molecule has 1 heterocycles. The second-order valence-electron chi connectivity index (χ2n) is 7.64. The van der Waals surface area contributed by atoms with Gasteiger partial charge >= 0.3 is 0 Å². The first kappa shape index (κ1) is 18.7. The molecular weight excluding hydrogens is 431 g/mol. The third-order valence-electron chi connectivity index (χ3n) is 6.07. The molecule has 138 valence electrons. The van der Waals surface area contributed by atoms with E-state index in [1.54, 1.807) is 7.05 Å². The minimum absolute atomic E-state index is 0. The molecule has 3 aliphatic carbocycles. The molecule has 2 saturated carbocycles. The Morgan fingerprint density at radius 1 is 1.20 bits per heavy atom. The van der Waals surface area contributed by atoms with Gasteiger partial charge in [0.2, 0.25) is 11.8 Å². The number of nitrogens with one attached hydrogen (secondary N) is 2. The van der Waals surface area contributed by atoms with Crippen molar-refractivity contribution in [3.05, 3.63) is 12.2 Å². The van der Waals surface area contributed by atoms with Gasteiger partial charge in [-0.1, -0.05) is 19.1 Å². The molecule has 4 aliphatic rings. The van der Waals surface area contributed by atoms with Gasteiger partial charge in [-0.3, -0.25) is 19.5 Å². The van der Waals surface area contributed by atoms with Crippen LogP contribution in [0.4, 0.5) is 0 Å². The van der Waals surface area contributed by atoms with Gasteiger partial charge in [0.05, 0.1) is 11.8 Å². The number of rotatable bonds is 5. The number of fused-ring (bicyclic) bond motifs is 5. The maximum absolute atomic E-state index is 12.6. The molecule has 2 N–H and O–H groups in total. The van der Waals surface area contributed by atoms with E-state index in [9.17, 15) is 9.59 Å². The molecule has 6 unspecified atom stereocenters. The molecule has 1 aliphatic heterocycles. The zero-order chi connectivity index (χ0) is 16.8. The normalized spacial score (nSPS) is 38.0. The fourth-order valence-corrected chi connectivity index (χ4v) is 4.52. The van der Waals surface area contributed by atoms with Gasteiger partial charge in [-0.15, -0.1) is 24.0 Å². The smallest absolute Gasteiger partial charge is 0.233 e. The molecular formula is C18H27IN4O2. The highest BCUT2D eigenvalue weighted by Crippen LogP contribution is 2.52. The lowest BCUT2D eigenvalue weighted by Crippen LogP contribution is -2.41. The Hall–Kier alpha value is -1.12. The zero-order valence-corrected chi connectivity index (χ0v) is 17.1. The van der Waals surface area contributed by atoms with E-state index in [1.165, 1.54) is 11.3 Å². The molecule has 0 radical (unpaired) electrons. The maximum Gasteiger partial charge on any atom is 0.233 e. The van der Waals surface area contributed by atoms with Gasteiger partial charge in [-0.05, 0) is 37.0 Å². The van der Waals surface area contributed by atoms with Crippen LogP contribution in [0.15, 0.2) is 17.1 Å². The molecule has 2 amide bonds. The predicted octanol–water partition coefficient (Wildman–Crippen LogP) is 1.37. The van der Waals surface area contributed by atoms with Crippen molar-refractivity contribution in [2.24, 2.45) is 34.6 Å². The number of carbonyl (C=O) groups is 2. The van der Waals surface area contributed by atoms with E-state index in [0.29, 0.717) is 36.9 Å². The Morgan fingerprint density at radius 3 is 2.32 bits per heavy atom. The number of carbonyl (C=O) groups excluding carboxylic acids is 2. The van der Waals surface area contributed by atoms with E-state index in [2.05, 4.69) is 34.7 Å². The molecule has 0 aromatic rings. The standard InChI is InChI=1S/C18H26N4O2.HI/c1-10-8-13(10)21-18(19-2)20-6-3-7-22-16(23)14-11-4-5-12(9-11)15(14)17(22)24;/h4-5,10-15H,3,6-9H2,1-2H3,(H2,19,20,21);1H. The Morgan fingerprint density at radius 2 is 1.80 bits per heavy atom. The maximum atomic E-state index is 12.6. The number of halogens is 1. The molecule has 3 fully saturated rings. The number of likely N-dealkylation sites (tertiary alicyclic amines) is 1. The summed E-state index contributed by atoms with van der Waals surface area (Å²) < 4.78 is 0. The second-order valence-corrected chi connectivity index (χ2v) is 7.64. The van der Waals surface area contributed by atoms with Crippen molar-refractivity contribution in [2.75, 3.05) is 20.1 Å². The van der Waals surface area contributed by atoms with Crippen molar-refractivity contribution in [1.82, 2.24) is 15.5 Å². The van der Waals surface area contributed by atoms with Gasteiger partial charge in [0.15, 0.2) is 5.96 Å². The first-order chi connectivity index (χ1) is 11.6. The molecule has 2 bridgehead atoms. The lowest BCUT2D eigenvalue weighted by atomic mass is 9.85. The highest BCUT2D eigenvalue weighted by atomic mass is 127. The van der Waals surface area contributed by atoms with Gasteiger partial charge in [-0.25, -0.2) is 0 Å². The molecule has 0 aromatic carbocycles. The van der Waals surface area contributed by atoms with Gasteiger partial charge in [0, 0.05) is 26.2 Å². The zero-order valence-electron chi connectivity index (χ0n) is 14.8. The van der Waals surface area contributed by atoms with Crippen LogP contribution in [0.2, 0.25) is 0 Å². The lowest BCUT2D eigenvalue weighted by molar-refractivity contribution is -0.140. The molecule has 4 rings (SSSR count). The van der Waals surface area contributed by atoms with Crippen LogP contribution in [0.3, 0.4) is 0 Å². The molecule has 0 spiro atoms. The van der Waals surface area contributed by atoms with E-state index in [4.69, 9.17) is 0 Å². The third kappa shape index (κ3) is 3.31. The number of guanidine groups is 1. The quantitative estimate of drug-likeness (QED) is 0.163. The minimum Gasteiger partial charge on any atom is -0.356 e. The van der Waals surface area contributed by atoms with E-state index in [1.807, 2.05) is 0 Å². The summed E-state index contributed by atoms with van der Waals surface area (Å²) in [4.78, 5) is 30.9. The fourth-order valence-electron chi connectivity index (χ4n) is 4.52. The average molecular weight is 458 g/mol. The van der Waals surface area contributed by atoms with Crippen LogP contribution in [-0.4, -0.2) is 48.9 Å². The molecule has 6 nitrogen and oxygen atoms in total. The number of hydrogen-bond donors (Lipinski definition) is 2. The Kier molecular flexibility index (Phi) is 5.41. The largest absolute Gasteiger partial charge is 0.356 e. The van der Waals surface area contributed by atoms with Gasteiger partial charge < -0.3 is 10.6 Å². The Balaban J connectivity index is 0.00000182. The van der Waals surface area contributed by atoms with Crippen LogP contribution in [0.5, 0.6) is 0 Å². The highest BCUT2D eigenvalue weighted by Gasteiger charge is 2.58. The van der Waals surface area contributed by atoms with Gasteiger partial charge in [-0.2, -0.15) is 0 Å². The number of nitrogens with zero attached hydrogens (tertiary/aromatic N) is 2. The summed E-state index contributed by atoms with van der Waals surface area (Å²) in [6.45, 7) is 3.43. The van der Waals surface area contributed by atoms with Crippen LogP contribution in [0, 0.1) is 29.6 Å². The van der Waals surface area contributed by atoms with Crippen LogP contribution < -0.4 is 10.6 Å². The Labute approximate surface area is 165 Å². The molecule has 25 heavy (non-hydrogen) atoms. The summed E-state index contributed by atoms with van der Waals surface area (Å²) >= 11 is 0. The molecule has 1 saturated heterocycles. The summed E-state index contributed by atoms with van der Waals surface area (Å²) in [5.41, 5.74) is 0. The monoisotopic (exact) mass is 458 g/mol. The number of hydrogen-bond acceptors (Lipinski definition) is 3. The first-order valence-corrected chi connectivity index (χ1v) is 9.11. The van der Waals surface area contributed by atoms with Gasteiger partial charge in [0.1, 0.15) is 0 Å². The van der Waals surface area contributed by atoms with Crippen molar-refractivity contribution < 1.29 is 9.59 Å². The van der Waals surface area contributed by atoms with Crippen molar-refractivity contribution in [3.63, 3.8) is 0 Å². The summed E-state index contributed by atoms with van der Waals surface area (Å²) in [6.07, 6.45) is 7.20. The average Bonchev–Trinajstić information content (AvgIpc) is 2.95. The predicted molar refractivity (Wildman–Crippen MR) is 107 cm³/mol. The van der Waals surface area contributed by atoms with Crippen LogP contribution in [0.25, 0.3) is 0 Å². The van der Waals surface area contributed by atoms with Crippen LogP contribution in [0.1, 0.15) is 26.2 Å². The Bertz CT molecular complexity index is 590. The number of allylic oxidation sites excluding steroid dienone is 2. The number of amides is 2. The molecule has 7 heteroatoms. The van der Waals surface area contributed by atoms with Gasteiger partial charge in [0.25, 0.3) is 0 Å². The summed E-state index contributed by atoms with van der Waals surface area (Å²) in [7, 11) is 1.76. The van der Waals surface area contributed by atoms with Crippen LogP contribution >= 0.6 is 24.0 Å². The van der Waals surface area contributed by atoms with E-state index in [0.717, 1.165) is 18.8 Å². The summed E-state index contributed by atoms with van der Waals surface area (Å²) in [6, 6.07) is 0.528. The SMILES string of the molecule is CN=C(NCCCN1C(=O)C2C3C=CC(C3)C2C1=O)NC1CC1C.I. The van der Waals surface area contributed by atoms with E-state index >= 15 is 0 Å². The highest BCUT2D eigenvalue weighted by molar-refractivity contribution is 14.0. The number of aliphatic imine (C=N–C) groups is 1. The van der Waals surface area contributed by atoms with Crippen molar-refractivity contribution in [1.29, 1.82) is 0 Å². The van der Waals surface area contributed by atoms with Crippen molar-refractivity contribution >= 4 is 41.8 Å². The number of imide groups is 1. The van der Waals surface area contributed by atoms with E-state index < -0.39 is 0 Å². The summed E-state index contributed by atoms with van der Waals surface area (Å²) in [5, 5.41) is 6.64. The third-order valence-corrected chi connectivity index (χ3v) is 6.07. The van der Waals surface area contributed by atoms with Crippen molar-refractivity contribution in [2.45, 2.75) is 32.2 Å². The topological polar surface area (TPSA) is 73.8 Å².